The molecule has 0 bridgehead atoms. The van der Waals surface area contributed by atoms with Crippen molar-refractivity contribution in [2.24, 2.45) is 5.92 Å². The average molecular weight is 783 g/mol. The Balaban J connectivity index is 1.31. The lowest BCUT2D eigenvalue weighted by Gasteiger charge is -2.30. The van der Waals surface area contributed by atoms with Crippen LogP contribution in [0.4, 0.5) is 4.79 Å². The molecule has 0 spiro atoms. The molecule has 0 saturated carbocycles. The predicted molar refractivity (Wildman–Crippen MR) is 203 cm³/mol. The highest BCUT2D eigenvalue weighted by atomic mass is 32.2. The van der Waals surface area contributed by atoms with Crippen LogP contribution in [0, 0.1) is 5.92 Å². The summed E-state index contributed by atoms with van der Waals surface area (Å²) in [7, 11) is -6.40. The van der Waals surface area contributed by atoms with Gasteiger partial charge < -0.3 is 38.4 Å². The molecule has 1 unspecified atom stereocenters. The Labute approximate surface area is 316 Å². The zero-order valence-corrected chi connectivity index (χ0v) is 32.2. The number of benzene rings is 4. The monoisotopic (exact) mass is 782 g/mol. The molecular weight excluding hydrogens is 735 g/mol. The molecule has 1 aliphatic rings. The molecule has 4 aromatic rings. The van der Waals surface area contributed by atoms with E-state index in [0.717, 1.165) is 0 Å². The van der Waals surface area contributed by atoms with E-state index in [0.29, 0.717) is 41.6 Å². The van der Waals surface area contributed by atoms with Crippen molar-refractivity contribution in [1.82, 2.24) is 9.62 Å². The van der Waals surface area contributed by atoms with Gasteiger partial charge >= 0.3 is 13.7 Å². The molecule has 3 atom stereocenters. The fourth-order valence-electron chi connectivity index (χ4n) is 5.62. The third-order valence-electron chi connectivity index (χ3n) is 8.33. The third kappa shape index (κ3) is 12.0. The number of aliphatic hydroxyl groups excluding tert-OH is 1. The van der Waals surface area contributed by atoms with E-state index < -0.39 is 48.3 Å². The maximum absolute atomic E-state index is 13.9. The molecule has 5 rings (SSSR count). The summed E-state index contributed by atoms with van der Waals surface area (Å²) in [6.07, 6.45) is -2.26. The quantitative estimate of drug-likeness (QED) is 0.0999. The molecule has 2 N–H and O–H groups in total. The maximum atomic E-state index is 13.9. The van der Waals surface area contributed by atoms with E-state index in [-0.39, 0.29) is 36.9 Å². The Bertz CT molecular complexity index is 1860. The number of amides is 1. The smallest absolute Gasteiger partial charge is 0.468 e. The van der Waals surface area contributed by atoms with Gasteiger partial charge in [0.05, 0.1) is 37.4 Å². The topological polar surface area (TPSA) is 159 Å². The number of alkyl carbamates (subject to hydrolysis) is 1. The molecular formula is C39H47N2O11PS. The predicted octanol–water partition coefficient (Wildman–Crippen LogP) is 6.52. The van der Waals surface area contributed by atoms with Crippen LogP contribution in [0.25, 0.3) is 0 Å². The lowest BCUT2D eigenvalue weighted by atomic mass is 10.0. The van der Waals surface area contributed by atoms with Gasteiger partial charge in [-0.1, -0.05) is 62.4 Å². The number of carbonyl (C=O) groups is 1. The molecule has 1 aliphatic heterocycles. The van der Waals surface area contributed by atoms with Gasteiger partial charge in [0.2, 0.25) is 16.4 Å². The zero-order chi connectivity index (χ0) is 38.6. The minimum Gasteiger partial charge on any atom is -0.497 e. The second kappa shape index (κ2) is 19.1. The van der Waals surface area contributed by atoms with Gasteiger partial charge in [-0.05, 0) is 78.6 Å². The Morgan fingerprint density at radius 3 is 2.00 bits per heavy atom. The van der Waals surface area contributed by atoms with Gasteiger partial charge in [0.15, 0.2) is 0 Å². The fraction of sp³-hybridized carbons (Fsp3) is 0.359. The number of ether oxygens (including phenoxy) is 4. The summed E-state index contributed by atoms with van der Waals surface area (Å²) in [5.41, 5.74) is 0.688. The largest absolute Gasteiger partial charge is 0.497 e. The van der Waals surface area contributed by atoms with E-state index in [2.05, 4.69) is 5.32 Å². The van der Waals surface area contributed by atoms with E-state index in [9.17, 15) is 22.9 Å². The van der Waals surface area contributed by atoms with Crippen LogP contribution in [0.1, 0.15) is 25.8 Å². The van der Waals surface area contributed by atoms with Crippen molar-refractivity contribution in [3.63, 3.8) is 0 Å². The van der Waals surface area contributed by atoms with Crippen molar-refractivity contribution in [3.05, 3.63) is 115 Å². The maximum Gasteiger partial charge on any atom is 0.468 e. The van der Waals surface area contributed by atoms with Crippen molar-refractivity contribution in [2.75, 3.05) is 39.8 Å². The SMILES string of the molecule is COc1ccc(S(=O)(=O)N(CC(C)C)C[C@@H](O)[C@H](Cc2ccc(OCP(=O)(Oc3ccccc3)Oc3ccccc3)cc2)NC(=O)OC2CCOC2)cc1. The Hall–Kier alpha value is -4.59. The summed E-state index contributed by atoms with van der Waals surface area (Å²) in [5, 5.41) is 14.4. The van der Waals surface area contributed by atoms with E-state index in [1.54, 1.807) is 84.9 Å². The second-order valence-corrected chi connectivity index (χ2v) is 16.9. The fourth-order valence-corrected chi connectivity index (χ4v) is 8.58. The minimum atomic E-state index is -4.04. The van der Waals surface area contributed by atoms with Crippen LogP contribution in [0.15, 0.2) is 114 Å². The first kappa shape index (κ1) is 40.6. The zero-order valence-electron chi connectivity index (χ0n) is 30.5. The number of hydrogen-bond acceptors (Lipinski definition) is 11. The van der Waals surface area contributed by atoms with Crippen molar-refractivity contribution < 1.29 is 50.9 Å². The van der Waals surface area contributed by atoms with E-state index in [1.165, 1.54) is 23.5 Å². The van der Waals surface area contributed by atoms with E-state index in [1.807, 2.05) is 26.0 Å². The first-order valence-corrected chi connectivity index (χ1v) is 20.8. The van der Waals surface area contributed by atoms with Crippen LogP contribution >= 0.6 is 7.60 Å². The molecule has 1 fully saturated rings. The van der Waals surface area contributed by atoms with Crippen LogP contribution < -0.4 is 23.8 Å². The number of rotatable bonds is 19. The molecule has 0 radical (unpaired) electrons. The highest BCUT2D eigenvalue weighted by Crippen LogP contribution is 2.48. The van der Waals surface area contributed by atoms with E-state index >= 15 is 0 Å². The summed E-state index contributed by atoms with van der Waals surface area (Å²) < 4.78 is 76.2. The summed E-state index contributed by atoms with van der Waals surface area (Å²) in [4.78, 5) is 13.1. The molecule has 0 aliphatic carbocycles. The summed E-state index contributed by atoms with van der Waals surface area (Å²) in [6, 6.07) is 29.2. The number of methoxy groups -OCH3 is 1. The highest BCUT2D eigenvalue weighted by Gasteiger charge is 2.33. The number of para-hydroxylation sites is 2. The van der Waals surface area contributed by atoms with Crippen LogP contribution in [0.2, 0.25) is 0 Å². The Morgan fingerprint density at radius 1 is 0.870 bits per heavy atom. The van der Waals surface area contributed by atoms with E-state index in [4.69, 9.17) is 28.0 Å². The number of nitrogens with zero attached hydrogens (tertiary/aromatic N) is 1. The first-order valence-electron chi connectivity index (χ1n) is 17.6. The second-order valence-electron chi connectivity index (χ2n) is 13.1. The number of hydrogen-bond donors (Lipinski definition) is 2. The number of sulfonamides is 1. The summed E-state index contributed by atoms with van der Waals surface area (Å²) in [5.74, 6) is 1.52. The normalized spacial score (nSPS) is 15.7. The molecule has 290 valence electrons. The number of carbonyl (C=O) groups excluding carboxylic acids is 1. The molecule has 1 amide bonds. The van der Waals surface area contributed by atoms with Gasteiger partial charge in [-0.25, -0.2) is 17.8 Å². The van der Waals surface area contributed by atoms with Gasteiger partial charge in [0.25, 0.3) is 0 Å². The van der Waals surface area contributed by atoms with Crippen LogP contribution in [-0.2, 0) is 30.5 Å². The summed E-state index contributed by atoms with van der Waals surface area (Å²) >= 11 is 0. The van der Waals surface area contributed by atoms with Gasteiger partial charge in [0, 0.05) is 19.5 Å². The third-order valence-corrected chi connectivity index (χ3v) is 11.6. The Morgan fingerprint density at radius 2 is 1.46 bits per heavy atom. The van der Waals surface area contributed by atoms with Gasteiger partial charge in [-0.3, -0.25) is 0 Å². The standard InChI is InChI=1S/C39H47N2O11PS/c1-29(2)25-41(54(45,46)36-20-18-31(47-3)19-21-36)26-38(42)37(40-39(43)50-35-22-23-48-27-35)24-30-14-16-32(17-15-30)49-28-53(44,51-33-10-6-4-7-11-33)52-34-12-8-5-9-13-34/h4-21,29,35,37-38,42H,22-28H2,1-3H3,(H,40,43)/t35?,37-,38+/m0/s1. The molecule has 0 aromatic heterocycles. The highest BCUT2D eigenvalue weighted by molar-refractivity contribution is 7.89. The molecule has 4 aromatic carbocycles. The van der Waals surface area contributed by atoms with Crippen molar-refractivity contribution in [3.8, 4) is 23.0 Å². The lowest BCUT2D eigenvalue weighted by molar-refractivity contribution is 0.0644. The van der Waals surface area contributed by atoms with Crippen molar-refractivity contribution >= 4 is 23.7 Å². The van der Waals surface area contributed by atoms with Gasteiger partial charge in [0.1, 0.15) is 29.1 Å². The first-order chi connectivity index (χ1) is 25.9. The molecule has 13 nitrogen and oxygen atoms in total. The van der Waals surface area contributed by atoms with Gasteiger partial charge in [-0.2, -0.15) is 4.31 Å². The average Bonchev–Trinajstić information content (AvgIpc) is 3.67. The minimum absolute atomic E-state index is 0.0461. The molecule has 1 saturated heterocycles. The number of aliphatic hydroxyl groups is 1. The van der Waals surface area contributed by atoms with Crippen LogP contribution in [0.3, 0.4) is 0 Å². The Kier molecular flexibility index (Phi) is 14.4. The van der Waals surface area contributed by atoms with Gasteiger partial charge in [-0.15, -0.1) is 0 Å². The molecule has 54 heavy (non-hydrogen) atoms. The number of nitrogens with one attached hydrogen (secondary N) is 1. The van der Waals surface area contributed by atoms with Crippen LogP contribution in [0.5, 0.6) is 23.0 Å². The van der Waals surface area contributed by atoms with Crippen molar-refractivity contribution in [2.45, 2.75) is 49.8 Å². The lowest BCUT2D eigenvalue weighted by Crippen LogP contribution is -2.51. The van der Waals surface area contributed by atoms with Crippen molar-refractivity contribution in [1.29, 1.82) is 0 Å². The van der Waals surface area contributed by atoms with Crippen LogP contribution in [-0.4, -0.2) is 81.9 Å². The molecule has 1 heterocycles. The molecule has 15 heteroatoms. The summed E-state index contributed by atoms with van der Waals surface area (Å²) in [6.45, 7) is 4.32.